The summed E-state index contributed by atoms with van der Waals surface area (Å²) in [5, 5.41) is 10.1. The number of thioether (sulfide) groups is 1. The number of ether oxygens (including phenoxy) is 1. The van der Waals surface area contributed by atoms with E-state index in [1.54, 1.807) is 0 Å². The van der Waals surface area contributed by atoms with Gasteiger partial charge in [-0.1, -0.05) is 0 Å². The van der Waals surface area contributed by atoms with Gasteiger partial charge in [-0.25, -0.2) is 0 Å². The van der Waals surface area contributed by atoms with Gasteiger partial charge in [0.25, 0.3) is 0 Å². The molecule has 1 saturated carbocycles. The summed E-state index contributed by atoms with van der Waals surface area (Å²) in [6, 6.07) is 8.31. The highest BCUT2D eigenvalue weighted by Gasteiger charge is 2.19. The van der Waals surface area contributed by atoms with Gasteiger partial charge < -0.3 is 9.84 Å². The zero-order valence-electron chi connectivity index (χ0n) is 10.3. The Morgan fingerprint density at radius 2 is 1.82 bits per heavy atom. The SMILES string of the molecule is CCOc1ccc(SC2CCC(O)CC2)cc1. The van der Waals surface area contributed by atoms with Crippen LogP contribution in [0.4, 0.5) is 0 Å². The smallest absolute Gasteiger partial charge is 0.119 e. The Bertz CT molecular complexity index is 329. The first-order valence-electron chi connectivity index (χ1n) is 6.35. The second-order valence-electron chi connectivity index (χ2n) is 4.45. The lowest BCUT2D eigenvalue weighted by molar-refractivity contribution is 0.132. The molecule has 1 aliphatic rings. The Morgan fingerprint density at radius 1 is 1.18 bits per heavy atom. The van der Waals surface area contributed by atoms with Crippen molar-refractivity contribution in [3.63, 3.8) is 0 Å². The monoisotopic (exact) mass is 252 g/mol. The Balaban J connectivity index is 1.86. The number of rotatable bonds is 4. The molecule has 0 spiro atoms. The molecule has 0 saturated heterocycles. The number of benzene rings is 1. The number of aliphatic hydroxyl groups is 1. The highest BCUT2D eigenvalue weighted by atomic mass is 32.2. The van der Waals surface area contributed by atoms with E-state index >= 15 is 0 Å². The maximum absolute atomic E-state index is 9.46. The fourth-order valence-corrected chi connectivity index (χ4v) is 3.32. The summed E-state index contributed by atoms with van der Waals surface area (Å²) in [6.07, 6.45) is 4.09. The molecule has 0 aromatic heterocycles. The van der Waals surface area contributed by atoms with Crippen LogP contribution in [-0.2, 0) is 0 Å². The molecule has 0 unspecified atom stereocenters. The van der Waals surface area contributed by atoms with E-state index in [0.717, 1.165) is 31.4 Å². The molecule has 1 aliphatic carbocycles. The second-order valence-corrected chi connectivity index (χ2v) is 5.83. The maximum Gasteiger partial charge on any atom is 0.119 e. The van der Waals surface area contributed by atoms with E-state index in [4.69, 9.17) is 4.74 Å². The zero-order chi connectivity index (χ0) is 12.1. The molecule has 2 rings (SSSR count). The summed E-state index contributed by atoms with van der Waals surface area (Å²) < 4.78 is 5.42. The van der Waals surface area contributed by atoms with Crippen molar-refractivity contribution < 1.29 is 9.84 Å². The molecule has 1 aromatic carbocycles. The summed E-state index contributed by atoms with van der Waals surface area (Å²) in [5.74, 6) is 0.941. The van der Waals surface area contributed by atoms with Gasteiger partial charge in [0.2, 0.25) is 0 Å². The minimum absolute atomic E-state index is 0.0628. The molecular formula is C14H20O2S. The van der Waals surface area contributed by atoms with Gasteiger partial charge in [-0.15, -0.1) is 11.8 Å². The van der Waals surface area contributed by atoms with Crippen molar-refractivity contribution in [3.8, 4) is 5.75 Å². The summed E-state index contributed by atoms with van der Waals surface area (Å²) in [5.41, 5.74) is 0. The minimum Gasteiger partial charge on any atom is -0.494 e. The van der Waals surface area contributed by atoms with Crippen LogP contribution in [0.1, 0.15) is 32.6 Å². The van der Waals surface area contributed by atoms with Crippen molar-refractivity contribution in [3.05, 3.63) is 24.3 Å². The van der Waals surface area contributed by atoms with Gasteiger partial charge >= 0.3 is 0 Å². The topological polar surface area (TPSA) is 29.5 Å². The van der Waals surface area contributed by atoms with Gasteiger partial charge in [0, 0.05) is 10.1 Å². The summed E-state index contributed by atoms with van der Waals surface area (Å²) in [4.78, 5) is 1.30. The Morgan fingerprint density at radius 3 is 2.41 bits per heavy atom. The minimum atomic E-state index is -0.0628. The third kappa shape index (κ3) is 3.93. The fourth-order valence-electron chi connectivity index (χ4n) is 2.14. The van der Waals surface area contributed by atoms with E-state index in [-0.39, 0.29) is 6.10 Å². The number of hydrogen-bond acceptors (Lipinski definition) is 3. The molecule has 0 amide bonds. The molecule has 0 radical (unpaired) electrons. The number of hydrogen-bond donors (Lipinski definition) is 1. The Labute approximate surface area is 107 Å². The van der Waals surface area contributed by atoms with Crippen LogP contribution in [0.2, 0.25) is 0 Å². The highest BCUT2D eigenvalue weighted by molar-refractivity contribution is 8.00. The average molecular weight is 252 g/mol. The Hall–Kier alpha value is -0.670. The van der Waals surface area contributed by atoms with E-state index in [1.165, 1.54) is 4.90 Å². The lowest BCUT2D eigenvalue weighted by Crippen LogP contribution is -2.19. The second kappa shape index (κ2) is 6.31. The first-order valence-corrected chi connectivity index (χ1v) is 7.23. The van der Waals surface area contributed by atoms with Crippen LogP contribution < -0.4 is 4.74 Å². The molecule has 17 heavy (non-hydrogen) atoms. The lowest BCUT2D eigenvalue weighted by Gasteiger charge is -2.24. The normalized spacial score (nSPS) is 24.6. The molecule has 3 heteroatoms. The van der Waals surface area contributed by atoms with E-state index in [1.807, 2.05) is 30.8 Å². The molecule has 1 aromatic rings. The third-order valence-corrected chi connectivity index (χ3v) is 4.43. The van der Waals surface area contributed by atoms with Crippen molar-refractivity contribution in [1.29, 1.82) is 0 Å². The molecule has 2 nitrogen and oxygen atoms in total. The van der Waals surface area contributed by atoms with E-state index in [9.17, 15) is 5.11 Å². The van der Waals surface area contributed by atoms with Crippen molar-refractivity contribution >= 4 is 11.8 Å². The zero-order valence-corrected chi connectivity index (χ0v) is 11.1. The van der Waals surface area contributed by atoms with Crippen LogP contribution in [0.15, 0.2) is 29.2 Å². The van der Waals surface area contributed by atoms with Gasteiger partial charge in [-0.2, -0.15) is 0 Å². The fraction of sp³-hybridized carbons (Fsp3) is 0.571. The van der Waals surface area contributed by atoms with Crippen molar-refractivity contribution in [1.82, 2.24) is 0 Å². The van der Waals surface area contributed by atoms with Gasteiger partial charge in [0.15, 0.2) is 0 Å². The summed E-state index contributed by atoms with van der Waals surface area (Å²) >= 11 is 1.93. The quantitative estimate of drug-likeness (QED) is 0.889. The van der Waals surface area contributed by atoms with Crippen LogP contribution in [0.25, 0.3) is 0 Å². The van der Waals surface area contributed by atoms with E-state index < -0.39 is 0 Å². The molecule has 94 valence electrons. The number of aliphatic hydroxyl groups excluding tert-OH is 1. The molecule has 0 atom stereocenters. The first-order chi connectivity index (χ1) is 8.28. The van der Waals surface area contributed by atoms with Crippen LogP contribution in [0.5, 0.6) is 5.75 Å². The Kier molecular flexibility index (Phi) is 4.75. The van der Waals surface area contributed by atoms with Gasteiger partial charge in [-0.05, 0) is 56.9 Å². The van der Waals surface area contributed by atoms with Gasteiger partial charge in [-0.3, -0.25) is 0 Å². The largest absolute Gasteiger partial charge is 0.494 e. The van der Waals surface area contributed by atoms with Crippen LogP contribution in [-0.4, -0.2) is 23.1 Å². The van der Waals surface area contributed by atoms with Crippen LogP contribution >= 0.6 is 11.8 Å². The lowest BCUT2D eigenvalue weighted by atomic mass is 9.97. The van der Waals surface area contributed by atoms with Crippen molar-refractivity contribution in [2.75, 3.05) is 6.61 Å². The average Bonchev–Trinajstić information content (AvgIpc) is 2.35. The molecule has 1 fully saturated rings. The predicted octanol–water partition coefficient (Wildman–Crippen LogP) is 3.48. The molecule has 0 heterocycles. The van der Waals surface area contributed by atoms with Gasteiger partial charge in [0.05, 0.1) is 12.7 Å². The maximum atomic E-state index is 9.46. The van der Waals surface area contributed by atoms with E-state index in [0.29, 0.717) is 11.9 Å². The standard InChI is InChI=1S/C14H20O2S/c1-2-16-12-5-9-14(10-6-12)17-13-7-3-11(15)4-8-13/h5-6,9-11,13,15H,2-4,7-8H2,1H3. The van der Waals surface area contributed by atoms with Crippen LogP contribution in [0, 0.1) is 0 Å². The molecule has 0 bridgehead atoms. The summed E-state index contributed by atoms with van der Waals surface area (Å²) in [7, 11) is 0. The molecule has 0 aliphatic heterocycles. The van der Waals surface area contributed by atoms with E-state index in [2.05, 4.69) is 12.1 Å². The summed E-state index contributed by atoms with van der Waals surface area (Å²) in [6.45, 7) is 2.71. The van der Waals surface area contributed by atoms with Crippen LogP contribution in [0.3, 0.4) is 0 Å². The third-order valence-electron chi connectivity index (χ3n) is 3.08. The van der Waals surface area contributed by atoms with Crippen molar-refractivity contribution in [2.24, 2.45) is 0 Å². The molecule has 1 N–H and O–H groups in total. The van der Waals surface area contributed by atoms with Crippen molar-refractivity contribution in [2.45, 2.75) is 48.9 Å². The highest BCUT2D eigenvalue weighted by Crippen LogP contribution is 2.34. The predicted molar refractivity (Wildman–Crippen MR) is 71.7 cm³/mol. The molecular weight excluding hydrogens is 232 g/mol. The van der Waals surface area contributed by atoms with Gasteiger partial charge in [0.1, 0.15) is 5.75 Å². The first kappa shape index (κ1) is 12.8.